The summed E-state index contributed by atoms with van der Waals surface area (Å²) in [7, 11) is 3.80. The van der Waals surface area contributed by atoms with Crippen molar-refractivity contribution in [2.24, 2.45) is 0 Å². The topological polar surface area (TPSA) is 41.2 Å². The Labute approximate surface area is 150 Å². The summed E-state index contributed by atoms with van der Waals surface area (Å²) in [4.78, 5) is 9.93. The lowest BCUT2D eigenvalue weighted by Crippen LogP contribution is -2.09. The van der Waals surface area contributed by atoms with E-state index in [0.717, 1.165) is 17.8 Å². The zero-order valence-corrected chi connectivity index (χ0v) is 16.1. The molecule has 2 aromatic rings. The van der Waals surface area contributed by atoms with Crippen molar-refractivity contribution in [2.45, 2.75) is 40.2 Å². The predicted molar refractivity (Wildman–Crippen MR) is 106 cm³/mol. The van der Waals surface area contributed by atoms with E-state index in [1.54, 1.807) is 7.11 Å². The molecule has 0 saturated heterocycles. The molecule has 1 N–H and O–H groups in total. The van der Waals surface area contributed by atoms with Gasteiger partial charge in [0.25, 0.3) is 0 Å². The number of hydrogen-bond acceptors (Lipinski definition) is 3. The van der Waals surface area contributed by atoms with Crippen LogP contribution in [-0.2, 0) is 4.74 Å². The van der Waals surface area contributed by atoms with Gasteiger partial charge in [-0.3, -0.25) is 0 Å². The number of aromatic amines is 1. The highest BCUT2D eigenvalue weighted by molar-refractivity contribution is 5.86. The fraction of sp³-hybridized carbons (Fsp3) is 0.381. The Kier molecular flexibility index (Phi) is 6.59. The third-order valence-electron chi connectivity index (χ3n) is 4.28. The minimum Gasteiger partial charge on any atom is -0.377 e. The second-order valence-electron chi connectivity index (χ2n) is 6.48. The van der Waals surface area contributed by atoms with Gasteiger partial charge in [-0.05, 0) is 57.4 Å². The van der Waals surface area contributed by atoms with Crippen molar-refractivity contribution in [1.82, 2.24) is 14.9 Å². The van der Waals surface area contributed by atoms with Crippen LogP contribution in [0.1, 0.15) is 38.4 Å². The number of pyridine rings is 1. The largest absolute Gasteiger partial charge is 0.377 e. The number of rotatable bonds is 7. The van der Waals surface area contributed by atoms with Crippen LogP contribution in [0.2, 0.25) is 0 Å². The van der Waals surface area contributed by atoms with Gasteiger partial charge in [0.1, 0.15) is 5.65 Å². The van der Waals surface area contributed by atoms with Crippen LogP contribution in [0.5, 0.6) is 0 Å². The van der Waals surface area contributed by atoms with Crippen LogP contribution in [0.4, 0.5) is 0 Å². The summed E-state index contributed by atoms with van der Waals surface area (Å²) in [5.41, 5.74) is 5.76. The number of nitrogens with zero attached hydrogens (tertiary/aromatic N) is 2. The highest BCUT2D eigenvalue weighted by atomic mass is 16.5. The van der Waals surface area contributed by atoms with E-state index in [1.165, 1.54) is 22.1 Å². The molecule has 0 amide bonds. The molecule has 2 heterocycles. The minimum atomic E-state index is 0.127. The average Bonchev–Trinajstić information content (AvgIpc) is 2.91. The lowest BCUT2D eigenvalue weighted by atomic mass is 10.1. The van der Waals surface area contributed by atoms with Crippen molar-refractivity contribution in [3.63, 3.8) is 0 Å². The average molecular weight is 339 g/mol. The van der Waals surface area contributed by atoms with Gasteiger partial charge in [-0.2, -0.15) is 0 Å². The van der Waals surface area contributed by atoms with Gasteiger partial charge < -0.3 is 14.6 Å². The third kappa shape index (κ3) is 4.83. The van der Waals surface area contributed by atoms with Crippen LogP contribution in [0, 0.1) is 6.92 Å². The third-order valence-corrected chi connectivity index (χ3v) is 4.28. The van der Waals surface area contributed by atoms with Gasteiger partial charge in [0.2, 0.25) is 0 Å². The second kappa shape index (κ2) is 8.67. The van der Waals surface area contributed by atoms with E-state index in [1.807, 2.05) is 25.3 Å². The van der Waals surface area contributed by atoms with E-state index in [0.29, 0.717) is 0 Å². The van der Waals surface area contributed by atoms with Crippen LogP contribution >= 0.6 is 0 Å². The fourth-order valence-electron chi connectivity index (χ4n) is 3.12. The molecular formula is C21H29N3O. The van der Waals surface area contributed by atoms with Crippen molar-refractivity contribution in [3.05, 3.63) is 59.7 Å². The number of aromatic nitrogens is 2. The number of methoxy groups -OCH3 is 1. The van der Waals surface area contributed by atoms with Gasteiger partial charge in [-0.15, -0.1) is 0 Å². The first-order valence-corrected chi connectivity index (χ1v) is 8.63. The molecule has 2 rings (SSSR count). The van der Waals surface area contributed by atoms with Crippen molar-refractivity contribution < 1.29 is 4.74 Å². The number of allylic oxidation sites excluding steroid dienone is 2. The normalized spacial score (nSPS) is 14.5. The van der Waals surface area contributed by atoms with Crippen LogP contribution in [0.3, 0.4) is 0 Å². The summed E-state index contributed by atoms with van der Waals surface area (Å²) in [6.07, 6.45) is 11.2. The Morgan fingerprint density at radius 3 is 2.76 bits per heavy atom. The maximum Gasteiger partial charge on any atom is 0.137 e. The van der Waals surface area contributed by atoms with Crippen LogP contribution in [0.25, 0.3) is 16.6 Å². The highest BCUT2D eigenvalue weighted by Crippen LogP contribution is 2.25. The molecule has 0 saturated carbocycles. The SMILES string of the molecule is C/C=C\C(C/C(C)=C/N(C)/C=C(\C)c1[nH]c2ncccc2c1C)OC. The maximum absolute atomic E-state index is 5.47. The lowest BCUT2D eigenvalue weighted by Gasteiger charge is -2.15. The van der Waals surface area contributed by atoms with Gasteiger partial charge in [0.15, 0.2) is 0 Å². The molecule has 0 fully saturated rings. The monoisotopic (exact) mass is 339 g/mol. The van der Waals surface area contributed by atoms with E-state index in [9.17, 15) is 0 Å². The highest BCUT2D eigenvalue weighted by Gasteiger charge is 2.10. The first-order chi connectivity index (χ1) is 12.0. The zero-order valence-electron chi connectivity index (χ0n) is 16.1. The molecule has 0 bridgehead atoms. The number of aryl methyl sites for hydroxylation is 1. The zero-order chi connectivity index (χ0) is 18.4. The first-order valence-electron chi connectivity index (χ1n) is 8.63. The van der Waals surface area contributed by atoms with Crippen LogP contribution in [0.15, 0.2) is 48.5 Å². The predicted octanol–water partition coefficient (Wildman–Crippen LogP) is 5.05. The Balaban J connectivity index is 2.17. The molecule has 0 aliphatic heterocycles. The summed E-state index contributed by atoms with van der Waals surface area (Å²) in [5.74, 6) is 0. The number of hydrogen-bond donors (Lipinski definition) is 1. The Morgan fingerprint density at radius 1 is 1.36 bits per heavy atom. The van der Waals surface area contributed by atoms with Crippen molar-refractivity contribution in [1.29, 1.82) is 0 Å². The van der Waals surface area contributed by atoms with E-state index in [2.05, 4.69) is 67.2 Å². The minimum absolute atomic E-state index is 0.127. The maximum atomic E-state index is 5.47. The molecule has 0 aliphatic carbocycles. The molecule has 2 aromatic heterocycles. The molecule has 0 spiro atoms. The van der Waals surface area contributed by atoms with Crippen LogP contribution < -0.4 is 0 Å². The Morgan fingerprint density at radius 2 is 2.12 bits per heavy atom. The van der Waals surface area contributed by atoms with E-state index in [-0.39, 0.29) is 6.10 Å². The summed E-state index contributed by atoms with van der Waals surface area (Å²) in [6, 6.07) is 4.08. The Bertz CT molecular complexity index is 799. The molecule has 25 heavy (non-hydrogen) atoms. The summed E-state index contributed by atoms with van der Waals surface area (Å²) >= 11 is 0. The quantitative estimate of drug-likeness (QED) is 0.718. The number of fused-ring (bicyclic) bond motifs is 1. The molecule has 4 heteroatoms. The first kappa shape index (κ1) is 19.0. The molecule has 1 atom stereocenters. The standard InChI is InChI=1S/C21H29N3O/c1-7-9-18(25-6)12-15(2)13-24(5)14-16(3)20-17(4)19-10-8-11-22-21(19)23-20/h7-11,13-14,18H,12H2,1-6H3,(H,22,23)/b9-7-,15-13+,16-14+. The fourth-order valence-corrected chi connectivity index (χ4v) is 3.12. The van der Waals surface area contributed by atoms with Gasteiger partial charge >= 0.3 is 0 Å². The van der Waals surface area contributed by atoms with Gasteiger partial charge in [0, 0.05) is 43.8 Å². The molecule has 0 radical (unpaired) electrons. The number of H-pyrrole nitrogens is 1. The van der Waals surface area contributed by atoms with Gasteiger partial charge in [0.05, 0.1) is 6.10 Å². The number of nitrogens with one attached hydrogen (secondary N) is 1. The smallest absolute Gasteiger partial charge is 0.137 e. The second-order valence-corrected chi connectivity index (χ2v) is 6.48. The molecule has 4 nitrogen and oxygen atoms in total. The Hall–Kier alpha value is -2.33. The lowest BCUT2D eigenvalue weighted by molar-refractivity contribution is 0.141. The van der Waals surface area contributed by atoms with E-state index < -0.39 is 0 Å². The molecule has 1 unspecified atom stereocenters. The molecule has 134 valence electrons. The summed E-state index contributed by atoms with van der Waals surface area (Å²) in [6.45, 7) is 8.40. The summed E-state index contributed by atoms with van der Waals surface area (Å²) in [5, 5.41) is 1.17. The van der Waals surface area contributed by atoms with Crippen molar-refractivity contribution >= 4 is 16.6 Å². The van der Waals surface area contributed by atoms with Crippen molar-refractivity contribution in [3.8, 4) is 0 Å². The van der Waals surface area contributed by atoms with Gasteiger partial charge in [-0.25, -0.2) is 4.98 Å². The summed E-state index contributed by atoms with van der Waals surface area (Å²) < 4.78 is 5.47. The van der Waals surface area contributed by atoms with Gasteiger partial charge in [-0.1, -0.05) is 17.7 Å². The molecule has 0 aromatic carbocycles. The molecular weight excluding hydrogens is 310 g/mol. The number of ether oxygens (including phenoxy) is 1. The molecule has 0 aliphatic rings. The van der Waals surface area contributed by atoms with E-state index in [4.69, 9.17) is 4.74 Å². The van der Waals surface area contributed by atoms with Crippen molar-refractivity contribution in [2.75, 3.05) is 14.2 Å². The van der Waals surface area contributed by atoms with Crippen LogP contribution in [-0.4, -0.2) is 35.1 Å². The van der Waals surface area contributed by atoms with E-state index >= 15 is 0 Å².